The monoisotopic (exact) mass is 488 g/mol. The molecular formula is C34H20N2O2. The number of pyridine rings is 2. The van der Waals surface area contributed by atoms with E-state index in [1.165, 1.54) is 0 Å². The summed E-state index contributed by atoms with van der Waals surface area (Å²) in [6, 6.07) is 37.2. The third-order valence-corrected chi connectivity index (χ3v) is 7.21. The Morgan fingerprint density at radius 1 is 0.368 bits per heavy atom. The van der Waals surface area contributed by atoms with Gasteiger partial charge in [-0.15, -0.1) is 0 Å². The highest BCUT2D eigenvalue weighted by Gasteiger charge is 2.12. The molecule has 0 radical (unpaired) electrons. The summed E-state index contributed by atoms with van der Waals surface area (Å²) in [4.78, 5) is 9.28. The molecule has 8 aromatic rings. The second-order valence-electron chi connectivity index (χ2n) is 9.48. The van der Waals surface area contributed by atoms with Crippen LogP contribution in [0.4, 0.5) is 0 Å². The Kier molecular flexibility index (Phi) is 4.49. The zero-order chi connectivity index (χ0) is 25.1. The van der Waals surface area contributed by atoms with Crippen LogP contribution in [-0.2, 0) is 0 Å². The first-order chi connectivity index (χ1) is 18.8. The Labute approximate surface area is 217 Å². The standard InChI is InChI=1S/C34H20N2O2/c1-3-7-31-25(5-1)27-11-9-21(19-33(27)37-31)23-13-15-35-29(17-23)30-18-24(14-16-36-30)22-10-12-28-26-6-2-4-8-32(26)38-34(28)20-22/h1-20H. The van der Waals surface area contributed by atoms with Crippen molar-refractivity contribution >= 4 is 43.9 Å². The SMILES string of the molecule is c1ccc2c(c1)oc1cc(-c3ccnc(-c4cc(-c5ccc6c(c5)oc5ccccc56)ccn4)c3)ccc12. The molecule has 0 bridgehead atoms. The van der Waals surface area contributed by atoms with Crippen molar-refractivity contribution in [3.63, 3.8) is 0 Å². The quantitative estimate of drug-likeness (QED) is 0.249. The number of hydrogen-bond donors (Lipinski definition) is 0. The topological polar surface area (TPSA) is 52.1 Å². The van der Waals surface area contributed by atoms with E-state index in [1.807, 2.05) is 60.9 Å². The highest BCUT2D eigenvalue weighted by molar-refractivity contribution is 6.06. The fraction of sp³-hybridized carbons (Fsp3) is 0. The number of fused-ring (bicyclic) bond motifs is 6. The predicted molar refractivity (Wildman–Crippen MR) is 153 cm³/mol. The second kappa shape index (κ2) is 8.15. The molecule has 8 rings (SSSR count). The Morgan fingerprint density at radius 3 is 1.29 bits per heavy atom. The number of aromatic nitrogens is 2. The van der Waals surface area contributed by atoms with Crippen LogP contribution in [0.3, 0.4) is 0 Å². The number of benzene rings is 4. The molecule has 0 aliphatic carbocycles. The third-order valence-electron chi connectivity index (χ3n) is 7.21. The van der Waals surface area contributed by atoms with Crippen molar-refractivity contribution < 1.29 is 8.83 Å². The van der Waals surface area contributed by atoms with E-state index in [9.17, 15) is 0 Å². The van der Waals surface area contributed by atoms with Crippen molar-refractivity contribution in [1.29, 1.82) is 0 Å². The summed E-state index contributed by atoms with van der Waals surface area (Å²) in [5.41, 5.74) is 9.47. The molecule has 0 spiro atoms. The molecule has 0 atom stereocenters. The van der Waals surface area contributed by atoms with Crippen molar-refractivity contribution in [2.75, 3.05) is 0 Å². The van der Waals surface area contributed by atoms with E-state index in [1.54, 1.807) is 0 Å². The van der Waals surface area contributed by atoms with Gasteiger partial charge in [-0.1, -0.05) is 48.5 Å². The van der Waals surface area contributed by atoms with Crippen LogP contribution in [0.15, 0.2) is 130 Å². The Morgan fingerprint density at radius 2 is 0.789 bits per heavy atom. The highest BCUT2D eigenvalue weighted by Crippen LogP contribution is 2.35. The first-order valence-electron chi connectivity index (χ1n) is 12.6. The number of nitrogens with zero attached hydrogens (tertiary/aromatic N) is 2. The van der Waals surface area contributed by atoms with Crippen LogP contribution in [0.1, 0.15) is 0 Å². The first kappa shape index (κ1) is 20.9. The summed E-state index contributed by atoms with van der Waals surface area (Å²) in [7, 11) is 0. The van der Waals surface area contributed by atoms with Crippen molar-refractivity contribution in [3.05, 3.63) is 122 Å². The van der Waals surface area contributed by atoms with Crippen molar-refractivity contribution in [1.82, 2.24) is 9.97 Å². The van der Waals surface area contributed by atoms with Gasteiger partial charge >= 0.3 is 0 Å². The van der Waals surface area contributed by atoms with Crippen molar-refractivity contribution in [3.8, 4) is 33.6 Å². The molecule has 38 heavy (non-hydrogen) atoms. The maximum atomic E-state index is 6.11. The number of hydrogen-bond acceptors (Lipinski definition) is 4. The number of furan rings is 2. The Balaban J connectivity index is 1.18. The van der Waals surface area contributed by atoms with Gasteiger partial charge in [0.1, 0.15) is 22.3 Å². The molecule has 0 unspecified atom stereocenters. The van der Waals surface area contributed by atoms with E-state index in [2.05, 4.69) is 70.6 Å². The predicted octanol–water partition coefficient (Wildman–Crippen LogP) is 9.28. The minimum absolute atomic E-state index is 0.818. The van der Waals surface area contributed by atoms with E-state index < -0.39 is 0 Å². The van der Waals surface area contributed by atoms with Crippen LogP contribution in [0, 0.1) is 0 Å². The Hall–Kier alpha value is -5.22. The number of rotatable bonds is 3. The van der Waals surface area contributed by atoms with Gasteiger partial charge in [0.05, 0.1) is 11.4 Å². The second-order valence-corrected chi connectivity index (χ2v) is 9.48. The molecule has 4 aromatic carbocycles. The molecular weight excluding hydrogens is 468 g/mol. The summed E-state index contributed by atoms with van der Waals surface area (Å²) in [6.45, 7) is 0. The summed E-state index contributed by atoms with van der Waals surface area (Å²) in [5.74, 6) is 0. The van der Waals surface area contributed by atoms with Gasteiger partial charge in [0.25, 0.3) is 0 Å². The average Bonchev–Trinajstić information content (AvgIpc) is 3.54. The molecule has 0 aliphatic rings. The summed E-state index contributed by atoms with van der Waals surface area (Å²) < 4.78 is 12.2. The molecule has 0 amide bonds. The van der Waals surface area contributed by atoms with Crippen LogP contribution in [0.5, 0.6) is 0 Å². The molecule has 0 saturated carbocycles. The highest BCUT2D eigenvalue weighted by atomic mass is 16.3. The number of para-hydroxylation sites is 2. The molecule has 4 heteroatoms. The molecule has 4 aromatic heterocycles. The fourth-order valence-electron chi connectivity index (χ4n) is 5.31. The van der Waals surface area contributed by atoms with Gasteiger partial charge in [-0.25, -0.2) is 0 Å². The summed E-state index contributed by atoms with van der Waals surface area (Å²) in [6.07, 6.45) is 3.67. The minimum Gasteiger partial charge on any atom is -0.456 e. The smallest absolute Gasteiger partial charge is 0.136 e. The maximum Gasteiger partial charge on any atom is 0.136 e. The molecule has 178 valence electrons. The van der Waals surface area contributed by atoms with Crippen LogP contribution >= 0.6 is 0 Å². The lowest BCUT2D eigenvalue weighted by Crippen LogP contribution is -1.89. The van der Waals surface area contributed by atoms with Gasteiger partial charge in [-0.2, -0.15) is 0 Å². The normalized spacial score (nSPS) is 11.7. The molecule has 0 aliphatic heterocycles. The van der Waals surface area contributed by atoms with E-state index in [0.29, 0.717) is 0 Å². The van der Waals surface area contributed by atoms with Crippen molar-refractivity contribution in [2.24, 2.45) is 0 Å². The van der Waals surface area contributed by atoms with Crippen LogP contribution in [0.2, 0.25) is 0 Å². The van der Waals surface area contributed by atoms with Crippen molar-refractivity contribution in [2.45, 2.75) is 0 Å². The van der Waals surface area contributed by atoms with Gasteiger partial charge < -0.3 is 8.83 Å². The molecule has 0 saturated heterocycles. The first-order valence-corrected chi connectivity index (χ1v) is 12.6. The largest absolute Gasteiger partial charge is 0.456 e. The molecule has 4 heterocycles. The van der Waals surface area contributed by atoms with Gasteiger partial charge in [-0.05, 0) is 82.9 Å². The van der Waals surface area contributed by atoms with E-state index >= 15 is 0 Å². The van der Waals surface area contributed by atoms with Crippen LogP contribution in [0.25, 0.3) is 77.5 Å². The summed E-state index contributed by atoms with van der Waals surface area (Å²) >= 11 is 0. The minimum atomic E-state index is 0.818. The van der Waals surface area contributed by atoms with Gasteiger partial charge in [0, 0.05) is 33.9 Å². The van der Waals surface area contributed by atoms with E-state index in [0.717, 1.165) is 77.5 Å². The Bertz CT molecular complexity index is 2000. The molecule has 4 nitrogen and oxygen atoms in total. The lowest BCUT2D eigenvalue weighted by Gasteiger charge is -2.07. The molecule has 0 N–H and O–H groups in total. The van der Waals surface area contributed by atoms with Crippen LogP contribution in [-0.4, -0.2) is 9.97 Å². The zero-order valence-corrected chi connectivity index (χ0v) is 20.3. The third kappa shape index (κ3) is 3.31. The van der Waals surface area contributed by atoms with Gasteiger partial charge in [0.15, 0.2) is 0 Å². The lowest BCUT2D eigenvalue weighted by molar-refractivity contribution is 0.668. The van der Waals surface area contributed by atoms with E-state index in [-0.39, 0.29) is 0 Å². The van der Waals surface area contributed by atoms with Gasteiger partial charge in [-0.3, -0.25) is 9.97 Å². The molecule has 0 fully saturated rings. The maximum absolute atomic E-state index is 6.11. The average molecular weight is 489 g/mol. The van der Waals surface area contributed by atoms with Gasteiger partial charge in [0.2, 0.25) is 0 Å². The lowest BCUT2D eigenvalue weighted by atomic mass is 10.0. The van der Waals surface area contributed by atoms with Crippen LogP contribution < -0.4 is 0 Å². The fourth-order valence-corrected chi connectivity index (χ4v) is 5.31. The zero-order valence-electron chi connectivity index (χ0n) is 20.3. The van der Waals surface area contributed by atoms with E-state index in [4.69, 9.17) is 8.83 Å². The summed E-state index contributed by atoms with van der Waals surface area (Å²) in [5, 5.41) is 4.50.